The quantitative estimate of drug-likeness (QED) is 0.459. The van der Waals surface area contributed by atoms with Gasteiger partial charge in [0.05, 0.1) is 6.04 Å². The highest BCUT2D eigenvalue weighted by Crippen LogP contribution is 1.91. The predicted molar refractivity (Wildman–Crippen MR) is 42.6 cm³/mol. The molecule has 2 nitrogen and oxygen atoms in total. The minimum atomic E-state index is -0.157. The number of carbonyl (C=O) groups excluding carboxylic acids is 1. The molecule has 10 heavy (non-hydrogen) atoms. The summed E-state index contributed by atoms with van der Waals surface area (Å²) in [5, 5.41) is 2.90. The zero-order valence-corrected chi connectivity index (χ0v) is 6.26. The third kappa shape index (κ3) is 3.89. The molecule has 0 amide bonds. The number of hydrogen-bond acceptors (Lipinski definition) is 2. The molecule has 0 aliphatic carbocycles. The van der Waals surface area contributed by atoms with E-state index < -0.39 is 0 Å². The van der Waals surface area contributed by atoms with E-state index in [1.54, 1.807) is 6.08 Å². The molecule has 1 unspecified atom stereocenters. The van der Waals surface area contributed by atoms with E-state index in [0.29, 0.717) is 6.42 Å². The minimum Gasteiger partial charge on any atom is -0.379 e. The first-order chi connectivity index (χ1) is 4.70. The van der Waals surface area contributed by atoms with Gasteiger partial charge in [0.2, 0.25) is 0 Å². The number of carbonyl (C=O) groups is 1. The standard InChI is InChI=1S/C8H13NO/c1-4-5-8(6-10)9-7(2)3/h4,6,8-9H,1-2,5H2,3H3. The molecule has 0 aliphatic heterocycles. The lowest BCUT2D eigenvalue weighted by atomic mass is 10.2. The Bertz CT molecular complexity index is 140. The van der Waals surface area contributed by atoms with Crippen LogP contribution in [0.5, 0.6) is 0 Å². The number of hydrogen-bond donors (Lipinski definition) is 1. The van der Waals surface area contributed by atoms with Crippen molar-refractivity contribution >= 4 is 6.29 Å². The molecule has 0 aromatic carbocycles. The predicted octanol–water partition coefficient (Wildman–Crippen LogP) is 1.25. The van der Waals surface area contributed by atoms with Gasteiger partial charge in [-0.2, -0.15) is 0 Å². The monoisotopic (exact) mass is 139 g/mol. The van der Waals surface area contributed by atoms with Crippen molar-refractivity contribution in [1.82, 2.24) is 5.32 Å². The number of allylic oxidation sites excluding steroid dienone is 1. The molecule has 0 spiro atoms. The van der Waals surface area contributed by atoms with Crippen LogP contribution in [0, 0.1) is 0 Å². The maximum Gasteiger partial charge on any atom is 0.142 e. The van der Waals surface area contributed by atoms with Gasteiger partial charge in [0.1, 0.15) is 6.29 Å². The SMILES string of the molecule is C=CCC(C=O)NC(=C)C. The fraction of sp³-hybridized carbons (Fsp3) is 0.375. The molecule has 0 aliphatic rings. The van der Waals surface area contributed by atoms with Gasteiger partial charge in [-0.3, -0.25) is 0 Å². The summed E-state index contributed by atoms with van der Waals surface area (Å²) >= 11 is 0. The first-order valence-corrected chi connectivity index (χ1v) is 3.19. The van der Waals surface area contributed by atoms with Gasteiger partial charge < -0.3 is 10.1 Å². The molecule has 0 rings (SSSR count). The molecule has 0 heterocycles. The van der Waals surface area contributed by atoms with Crippen molar-refractivity contribution in [2.45, 2.75) is 19.4 Å². The summed E-state index contributed by atoms with van der Waals surface area (Å²) in [7, 11) is 0. The van der Waals surface area contributed by atoms with E-state index in [1.807, 2.05) is 6.92 Å². The normalized spacial score (nSPS) is 11.7. The first kappa shape index (κ1) is 8.95. The molecule has 0 saturated heterocycles. The number of aldehydes is 1. The molecule has 2 heteroatoms. The van der Waals surface area contributed by atoms with E-state index in [2.05, 4.69) is 18.5 Å². The summed E-state index contributed by atoms with van der Waals surface area (Å²) in [4.78, 5) is 10.3. The molecule has 56 valence electrons. The van der Waals surface area contributed by atoms with Crippen molar-refractivity contribution in [2.75, 3.05) is 0 Å². The Morgan fingerprint density at radius 3 is 2.70 bits per heavy atom. The summed E-state index contributed by atoms with van der Waals surface area (Å²) < 4.78 is 0. The Labute approximate surface area is 61.6 Å². The second-order valence-electron chi connectivity index (χ2n) is 2.19. The van der Waals surface area contributed by atoms with Crippen LogP contribution in [0.15, 0.2) is 24.9 Å². The highest BCUT2D eigenvalue weighted by atomic mass is 16.1. The molecule has 0 fully saturated rings. The second kappa shape index (κ2) is 4.79. The summed E-state index contributed by atoms with van der Waals surface area (Å²) in [6.45, 7) is 8.97. The van der Waals surface area contributed by atoms with E-state index in [4.69, 9.17) is 0 Å². The van der Waals surface area contributed by atoms with Gasteiger partial charge in [0, 0.05) is 5.70 Å². The van der Waals surface area contributed by atoms with Crippen LogP contribution in [0.2, 0.25) is 0 Å². The van der Waals surface area contributed by atoms with E-state index in [9.17, 15) is 4.79 Å². The third-order valence-corrected chi connectivity index (χ3v) is 1.02. The average molecular weight is 139 g/mol. The molecule has 0 aromatic rings. The molecule has 1 N–H and O–H groups in total. The van der Waals surface area contributed by atoms with Crippen molar-refractivity contribution in [3.05, 3.63) is 24.9 Å². The largest absolute Gasteiger partial charge is 0.379 e. The van der Waals surface area contributed by atoms with Crippen molar-refractivity contribution in [2.24, 2.45) is 0 Å². The zero-order valence-electron chi connectivity index (χ0n) is 6.26. The lowest BCUT2D eigenvalue weighted by Crippen LogP contribution is -2.27. The van der Waals surface area contributed by atoms with E-state index in [0.717, 1.165) is 12.0 Å². The summed E-state index contributed by atoms with van der Waals surface area (Å²) in [6.07, 6.45) is 3.21. The molecule has 0 aromatic heterocycles. The van der Waals surface area contributed by atoms with Gasteiger partial charge in [-0.25, -0.2) is 0 Å². The summed E-state index contributed by atoms with van der Waals surface area (Å²) in [5.74, 6) is 0. The lowest BCUT2D eigenvalue weighted by Gasteiger charge is -2.10. The minimum absolute atomic E-state index is 0.157. The van der Waals surface area contributed by atoms with E-state index >= 15 is 0 Å². The topological polar surface area (TPSA) is 29.1 Å². The molecule has 0 bridgehead atoms. The van der Waals surface area contributed by atoms with Gasteiger partial charge in [-0.05, 0) is 13.3 Å². The first-order valence-electron chi connectivity index (χ1n) is 3.19. The highest BCUT2D eigenvalue weighted by Gasteiger charge is 2.01. The van der Waals surface area contributed by atoms with Crippen LogP contribution in [-0.2, 0) is 4.79 Å². The van der Waals surface area contributed by atoms with Crippen molar-refractivity contribution in [3.8, 4) is 0 Å². The van der Waals surface area contributed by atoms with Crippen LogP contribution in [0.4, 0.5) is 0 Å². The maximum atomic E-state index is 10.3. The second-order valence-corrected chi connectivity index (χ2v) is 2.19. The third-order valence-electron chi connectivity index (χ3n) is 1.02. The van der Waals surface area contributed by atoms with Crippen LogP contribution in [0.3, 0.4) is 0 Å². The molecular formula is C8H13NO. The van der Waals surface area contributed by atoms with Crippen LogP contribution in [0.1, 0.15) is 13.3 Å². The average Bonchev–Trinajstić information content (AvgIpc) is 1.86. The van der Waals surface area contributed by atoms with Crippen LogP contribution < -0.4 is 5.32 Å². The Morgan fingerprint density at radius 2 is 2.40 bits per heavy atom. The zero-order chi connectivity index (χ0) is 7.98. The van der Waals surface area contributed by atoms with Crippen molar-refractivity contribution in [1.29, 1.82) is 0 Å². The van der Waals surface area contributed by atoms with Crippen molar-refractivity contribution in [3.63, 3.8) is 0 Å². The van der Waals surface area contributed by atoms with Crippen molar-refractivity contribution < 1.29 is 4.79 Å². The fourth-order valence-electron chi connectivity index (χ4n) is 0.645. The Kier molecular flexibility index (Phi) is 4.29. The lowest BCUT2D eigenvalue weighted by molar-refractivity contribution is -0.109. The van der Waals surface area contributed by atoms with Gasteiger partial charge in [0.15, 0.2) is 0 Å². The van der Waals surface area contributed by atoms with Crippen LogP contribution >= 0.6 is 0 Å². The van der Waals surface area contributed by atoms with Gasteiger partial charge >= 0.3 is 0 Å². The fourth-order valence-corrected chi connectivity index (χ4v) is 0.645. The maximum absolute atomic E-state index is 10.3. The van der Waals surface area contributed by atoms with E-state index in [-0.39, 0.29) is 6.04 Å². The summed E-state index contributed by atoms with van der Waals surface area (Å²) in [5.41, 5.74) is 0.805. The number of rotatable bonds is 5. The van der Waals surface area contributed by atoms with Crippen LogP contribution in [-0.4, -0.2) is 12.3 Å². The Balaban J connectivity index is 3.70. The smallest absolute Gasteiger partial charge is 0.142 e. The Morgan fingerprint density at radius 1 is 1.80 bits per heavy atom. The van der Waals surface area contributed by atoms with Gasteiger partial charge in [-0.15, -0.1) is 6.58 Å². The highest BCUT2D eigenvalue weighted by molar-refractivity contribution is 5.58. The van der Waals surface area contributed by atoms with Gasteiger partial charge in [0.25, 0.3) is 0 Å². The molecule has 0 saturated carbocycles. The molecule has 1 atom stereocenters. The van der Waals surface area contributed by atoms with Crippen LogP contribution in [0.25, 0.3) is 0 Å². The summed E-state index contributed by atoms with van der Waals surface area (Å²) in [6, 6.07) is -0.157. The van der Waals surface area contributed by atoms with E-state index in [1.165, 1.54) is 0 Å². The Hall–Kier alpha value is -1.05. The molecule has 0 radical (unpaired) electrons. The van der Waals surface area contributed by atoms with Gasteiger partial charge in [-0.1, -0.05) is 12.7 Å². The molecular weight excluding hydrogens is 126 g/mol. The number of nitrogens with one attached hydrogen (secondary N) is 1.